The van der Waals surface area contributed by atoms with Gasteiger partial charge in [-0.25, -0.2) is 9.97 Å². The molecule has 0 aromatic carbocycles. The summed E-state index contributed by atoms with van der Waals surface area (Å²) in [6.45, 7) is 3.51. The van der Waals surface area contributed by atoms with Gasteiger partial charge in [0.05, 0.1) is 18.3 Å². The maximum absolute atomic E-state index is 12.7. The number of aryl methyl sites for hydroxylation is 1. The zero-order valence-electron chi connectivity index (χ0n) is 15.3. The van der Waals surface area contributed by atoms with E-state index in [4.69, 9.17) is 9.97 Å². The maximum Gasteiger partial charge on any atom is 0.240 e. The Hall–Kier alpha value is -1.53. The summed E-state index contributed by atoms with van der Waals surface area (Å²) in [6.07, 6.45) is 8.74. The second kappa shape index (κ2) is 6.57. The fourth-order valence-corrected chi connectivity index (χ4v) is 6.16. The topological polar surface area (TPSA) is 58.1 Å². The standard InChI is InChI=1S/C20H26N4OS/c1-12-22-17(11-24-14-7-8-16(20(24)25)21-10-14)15-9-18(26-19(15)23-12)13-5-3-2-4-6-13/h9,13-14,16,21H,2-8,10-11H2,1H3. The SMILES string of the molecule is Cc1nc(CN2C(=O)C3CCC2CN3)c2cc(C3CCCCC3)sc2n1. The van der Waals surface area contributed by atoms with Crippen molar-refractivity contribution in [1.82, 2.24) is 20.2 Å². The molecule has 1 saturated carbocycles. The lowest BCUT2D eigenvalue weighted by molar-refractivity contribution is -0.143. The predicted octanol–water partition coefficient (Wildman–Crippen LogP) is 3.51. The average Bonchev–Trinajstić information content (AvgIpc) is 3.10. The van der Waals surface area contributed by atoms with Gasteiger partial charge in [0.2, 0.25) is 5.91 Å². The molecule has 0 radical (unpaired) electrons. The second-order valence-electron chi connectivity index (χ2n) is 8.08. The van der Waals surface area contributed by atoms with Crippen molar-refractivity contribution in [2.45, 2.75) is 76.4 Å². The van der Waals surface area contributed by atoms with Crippen molar-refractivity contribution < 1.29 is 4.79 Å². The number of piperidine rings is 2. The van der Waals surface area contributed by atoms with E-state index < -0.39 is 0 Å². The quantitative estimate of drug-likeness (QED) is 0.898. The monoisotopic (exact) mass is 370 g/mol. The van der Waals surface area contributed by atoms with Crippen molar-refractivity contribution >= 4 is 27.5 Å². The predicted molar refractivity (Wildman–Crippen MR) is 103 cm³/mol. The summed E-state index contributed by atoms with van der Waals surface area (Å²) in [4.78, 5) is 26.8. The van der Waals surface area contributed by atoms with Crippen LogP contribution in [0, 0.1) is 6.92 Å². The minimum absolute atomic E-state index is 0.0127. The summed E-state index contributed by atoms with van der Waals surface area (Å²) < 4.78 is 0. The number of carbonyl (C=O) groups is 1. The lowest BCUT2D eigenvalue weighted by Gasteiger charge is -2.45. The number of amides is 1. The summed E-state index contributed by atoms with van der Waals surface area (Å²) in [5, 5.41) is 4.53. The summed E-state index contributed by atoms with van der Waals surface area (Å²) in [5.41, 5.74) is 1.03. The van der Waals surface area contributed by atoms with Crippen LogP contribution in [0.4, 0.5) is 0 Å². The van der Waals surface area contributed by atoms with Gasteiger partial charge in [-0.3, -0.25) is 4.79 Å². The van der Waals surface area contributed by atoms with Crippen molar-refractivity contribution in [1.29, 1.82) is 0 Å². The maximum atomic E-state index is 12.7. The van der Waals surface area contributed by atoms with Gasteiger partial charge >= 0.3 is 0 Å². The van der Waals surface area contributed by atoms with Crippen molar-refractivity contribution in [3.8, 4) is 0 Å². The molecular formula is C20H26N4OS. The molecule has 3 aliphatic heterocycles. The van der Waals surface area contributed by atoms with Gasteiger partial charge in [-0.15, -0.1) is 11.3 Å². The van der Waals surface area contributed by atoms with E-state index in [1.807, 2.05) is 18.3 Å². The summed E-state index contributed by atoms with van der Waals surface area (Å²) in [6, 6.07) is 2.66. The number of hydrogen-bond acceptors (Lipinski definition) is 5. The van der Waals surface area contributed by atoms with Crippen molar-refractivity contribution in [2.75, 3.05) is 6.54 Å². The van der Waals surface area contributed by atoms with Crippen LogP contribution in [-0.4, -0.2) is 39.4 Å². The van der Waals surface area contributed by atoms with E-state index in [0.717, 1.165) is 35.7 Å². The molecule has 138 valence electrons. The van der Waals surface area contributed by atoms with Crippen LogP contribution < -0.4 is 5.32 Å². The third kappa shape index (κ3) is 2.83. The van der Waals surface area contributed by atoms with Gasteiger partial charge < -0.3 is 10.2 Å². The molecule has 1 aliphatic carbocycles. The van der Waals surface area contributed by atoms with Crippen LogP contribution in [0.5, 0.6) is 0 Å². The van der Waals surface area contributed by atoms with Crippen molar-refractivity contribution in [3.05, 3.63) is 22.5 Å². The van der Waals surface area contributed by atoms with E-state index in [1.54, 1.807) is 0 Å². The zero-order chi connectivity index (χ0) is 17.7. The zero-order valence-corrected chi connectivity index (χ0v) is 16.1. The Bertz CT molecular complexity index is 834. The molecule has 2 aromatic heterocycles. The van der Waals surface area contributed by atoms with Crippen LogP contribution in [-0.2, 0) is 11.3 Å². The van der Waals surface area contributed by atoms with Crippen LogP contribution in [0.15, 0.2) is 6.07 Å². The molecule has 2 atom stereocenters. The number of aromatic nitrogens is 2. The van der Waals surface area contributed by atoms with E-state index in [1.165, 1.54) is 42.4 Å². The number of piperazine rings is 1. The molecule has 2 unspecified atom stereocenters. The minimum Gasteiger partial charge on any atom is -0.331 e. The molecule has 6 rings (SSSR count). The molecule has 6 heteroatoms. The summed E-state index contributed by atoms with van der Waals surface area (Å²) in [5.74, 6) is 1.75. The molecule has 1 N–H and O–H groups in total. The van der Waals surface area contributed by atoms with Crippen LogP contribution in [0.1, 0.15) is 67.3 Å². The van der Waals surface area contributed by atoms with Gasteiger partial charge in [-0.1, -0.05) is 19.3 Å². The molecule has 26 heavy (non-hydrogen) atoms. The van der Waals surface area contributed by atoms with Crippen molar-refractivity contribution in [3.63, 3.8) is 0 Å². The molecule has 3 saturated heterocycles. The Labute approximate surface area is 158 Å². The van der Waals surface area contributed by atoms with Gasteiger partial charge in [0.25, 0.3) is 0 Å². The Morgan fingerprint density at radius 1 is 1.19 bits per heavy atom. The first-order chi connectivity index (χ1) is 12.7. The molecule has 5 nitrogen and oxygen atoms in total. The number of fused-ring (bicyclic) bond motifs is 4. The third-order valence-corrected chi connectivity index (χ3v) is 7.53. The van der Waals surface area contributed by atoms with Crippen molar-refractivity contribution in [2.24, 2.45) is 0 Å². The normalized spacial score (nSPS) is 26.8. The van der Waals surface area contributed by atoms with E-state index >= 15 is 0 Å². The highest BCUT2D eigenvalue weighted by Crippen LogP contribution is 2.39. The molecular weight excluding hydrogens is 344 g/mol. The Morgan fingerprint density at radius 2 is 2.04 bits per heavy atom. The first kappa shape index (κ1) is 16.6. The fourth-order valence-electron chi connectivity index (χ4n) is 4.89. The minimum atomic E-state index is 0.0127. The fraction of sp³-hybridized carbons (Fsp3) is 0.650. The number of nitrogens with one attached hydrogen (secondary N) is 1. The average molecular weight is 371 g/mol. The highest BCUT2D eigenvalue weighted by atomic mass is 32.1. The van der Waals surface area contributed by atoms with E-state index in [-0.39, 0.29) is 11.9 Å². The first-order valence-corrected chi connectivity index (χ1v) is 10.8. The van der Waals surface area contributed by atoms with Gasteiger partial charge in [0.15, 0.2) is 0 Å². The third-order valence-electron chi connectivity index (χ3n) is 6.34. The Kier molecular flexibility index (Phi) is 4.20. The molecule has 4 aliphatic rings. The van der Waals surface area contributed by atoms with Crippen LogP contribution in [0.2, 0.25) is 0 Å². The van der Waals surface area contributed by atoms with Crippen LogP contribution >= 0.6 is 11.3 Å². The van der Waals surface area contributed by atoms with Gasteiger partial charge in [-0.05, 0) is 44.6 Å². The lowest BCUT2D eigenvalue weighted by atomic mass is 9.88. The smallest absolute Gasteiger partial charge is 0.240 e. The molecule has 5 heterocycles. The van der Waals surface area contributed by atoms with Crippen LogP contribution in [0.3, 0.4) is 0 Å². The van der Waals surface area contributed by atoms with Crippen LogP contribution in [0.25, 0.3) is 10.2 Å². The number of rotatable bonds is 3. The molecule has 2 aromatic rings. The number of hydrogen-bond donors (Lipinski definition) is 1. The highest BCUT2D eigenvalue weighted by Gasteiger charge is 2.40. The second-order valence-corrected chi connectivity index (χ2v) is 9.14. The number of nitrogens with zero attached hydrogens (tertiary/aromatic N) is 3. The number of thiophene rings is 1. The molecule has 2 bridgehead atoms. The molecule has 4 fully saturated rings. The summed E-state index contributed by atoms with van der Waals surface area (Å²) >= 11 is 1.84. The van der Waals surface area contributed by atoms with E-state index in [2.05, 4.69) is 16.3 Å². The highest BCUT2D eigenvalue weighted by molar-refractivity contribution is 7.18. The van der Waals surface area contributed by atoms with E-state index in [9.17, 15) is 4.79 Å². The van der Waals surface area contributed by atoms with E-state index in [0.29, 0.717) is 18.5 Å². The van der Waals surface area contributed by atoms with Gasteiger partial charge in [0, 0.05) is 22.8 Å². The molecule has 0 spiro atoms. The Morgan fingerprint density at radius 3 is 2.77 bits per heavy atom. The molecule has 1 amide bonds. The van der Waals surface area contributed by atoms with Gasteiger partial charge in [-0.2, -0.15) is 0 Å². The summed E-state index contributed by atoms with van der Waals surface area (Å²) in [7, 11) is 0. The largest absolute Gasteiger partial charge is 0.331 e. The Balaban J connectivity index is 1.48. The van der Waals surface area contributed by atoms with Gasteiger partial charge in [0.1, 0.15) is 10.7 Å². The lowest BCUT2D eigenvalue weighted by Crippen LogP contribution is -2.63. The first-order valence-electron chi connectivity index (χ1n) is 10.00. The number of carbonyl (C=O) groups excluding carboxylic acids is 1.